The second kappa shape index (κ2) is 5.03. The minimum atomic E-state index is -2.39. The van der Waals surface area contributed by atoms with Crippen molar-refractivity contribution < 1.29 is 19.0 Å². The zero-order valence-electron chi connectivity index (χ0n) is 10.5. The standard InChI is InChI=1S/C14H14O4S/c1-8-4-3-5-10(9(8)2)13-11(15)6-7-12(16)14(13)19(17)18/h3-7,15-16H,1-2H3,(H,17,18). The number of aromatic hydroxyl groups is 2. The molecule has 0 spiro atoms. The number of benzene rings is 2. The topological polar surface area (TPSA) is 77.8 Å². The van der Waals surface area contributed by atoms with E-state index >= 15 is 0 Å². The van der Waals surface area contributed by atoms with E-state index in [4.69, 9.17) is 0 Å². The van der Waals surface area contributed by atoms with E-state index in [-0.39, 0.29) is 22.0 Å². The SMILES string of the molecule is Cc1cccc(-c2c(O)ccc(O)c2S(=O)O)c1C. The molecule has 0 bridgehead atoms. The van der Waals surface area contributed by atoms with Gasteiger partial charge >= 0.3 is 0 Å². The molecule has 0 amide bonds. The van der Waals surface area contributed by atoms with E-state index in [9.17, 15) is 19.0 Å². The lowest BCUT2D eigenvalue weighted by Crippen LogP contribution is -1.96. The Morgan fingerprint density at radius 3 is 2.26 bits per heavy atom. The van der Waals surface area contributed by atoms with Crippen LogP contribution >= 0.6 is 0 Å². The molecule has 0 aromatic heterocycles. The van der Waals surface area contributed by atoms with E-state index in [2.05, 4.69) is 0 Å². The molecule has 1 unspecified atom stereocenters. The molecule has 19 heavy (non-hydrogen) atoms. The summed E-state index contributed by atoms with van der Waals surface area (Å²) in [6, 6.07) is 7.96. The van der Waals surface area contributed by atoms with Crippen molar-refractivity contribution >= 4 is 11.1 Å². The monoisotopic (exact) mass is 278 g/mol. The van der Waals surface area contributed by atoms with Crippen molar-refractivity contribution in [2.24, 2.45) is 0 Å². The van der Waals surface area contributed by atoms with E-state index in [0.717, 1.165) is 11.1 Å². The summed E-state index contributed by atoms with van der Waals surface area (Å²) >= 11 is -2.39. The maximum atomic E-state index is 11.4. The van der Waals surface area contributed by atoms with Crippen molar-refractivity contribution in [3.05, 3.63) is 41.5 Å². The number of rotatable bonds is 2. The zero-order chi connectivity index (χ0) is 14.2. The summed E-state index contributed by atoms with van der Waals surface area (Å²) in [5, 5.41) is 19.7. The Morgan fingerprint density at radius 1 is 1.00 bits per heavy atom. The highest BCUT2D eigenvalue weighted by Gasteiger charge is 2.20. The Bertz CT molecular complexity index is 665. The van der Waals surface area contributed by atoms with Gasteiger partial charge in [-0.3, -0.25) is 0 Å². The molecule has 0 radical (unpaired) electrons. The van der Waals surface area contributed by atoms with Gasteiger partial charge in [-0.25, -0.2) is 4.21 Å². The molecule has 0 fully saturated rings. The smallest absolute Gasteiger partial charge is 0.191 e. The van der Waals surface area contributed by atoms with E-state index in [1.165, 1.54) is 12.1 Å². The van der Waals surface area contributed by atoms with E-state index in [0.29, 0.717) is 5.56 Å². The molecule has 5 heteroatoms. The third-order valence-corrected chi connectivity index (χ3v) is 3.93. The molecule has 0 aliphatic carbocycles. The fourth-order valence-corrected chi connectivity index (χ4v) is 2.66. The van der Waals surface area contributed by atoms with Crippen LogP contribution in [0.25, 0.3) is 11.1 Å². The summed E-state index contributed by atoms with van der Waals surface area (Å²) in [5.41, 5.74) is 2.71. The van der Waals surface area contributed by atoms with E-state index in [1.807, 2.05) is 19.9 Å². The quantitative estimate of drug-likeness (QED) is 0.583. The fraction of sp³-hybridized carbons (Fsp3) is 0.143. The predicted molar refractivity (Wildman–Crippen MR) is 73.7 cm³/mol. The van der Waals surface area contributed by atoms with Crippen molar-refractivity contribution in [1.82, 2.24) is 0 Å². The van der Waals surface area contributed by atoms with Gasteiger partial charge in [0, 0.05) is 5.56 Å². The molecule has 2 aromatic rings. The first-order valence-corrected chi connectivity index (χ1v) is 6.76. The summed E-state index contributed by atoms with van der Waals surface area (Å²) in [6.45, 7) is 3.77. The third kappa shape index (κ3) is 2.34. The minimum Gasteiger partial charge on any atom is -0.507 e. The van der Waals surface area contributed by atoms with Crippen LogP contribution in [-0.4, -0.2) is 19.0 Å². The van der Waals surface area contributed by atoms with Crippen LogP contribution in [0.2, 0.25) is 0 Å². The number of phenolic OH excluding ortho intramolecular Hbond substituents is 2. The Kier molecular flexibility index (Phi) is 3.59. The normalized spacial score (nSPS) is 12.4. The van der Waals surface area contributed by atoms with Crippen molar-refractivity contribution in [3.8, 4) is 22.6 Å². The van der Waals surface area contributed by atoms with Gasteiger partial charge in [0.1, 0.15) is 16.4 Å². The average Bonchev–Trinajstić information content (AvgIpc) is 2.35. The number of hydrogen-bond acceptors (Lipinski definition) is 3. The van der Waals surface area contributed by atoms with Gasteiger partial charge < -0.3 is 14.8 Å². The highest BCUT2D eigenvalue weighted by Crippen LogP contribution is 2.41. The number of aryl methyl sites for hydroxylation is 1. The second-order valence-corrected chi connectivity index (χ2v) is 5.21. The van der Waals surface area contributed by atoms with Crippen LogP contribution in [0.4, 0.5) is 0 Å². The highest BCUT2D eigenvalue weighted by atomic mass is 32.2. The molecule has 4 nitrogen and oxygen atoms in total. The Hall–Kier alpha value is -1.85. The van der Waals surface area contributed by atoms with Gasteiger partial charge in [0.05, 0.1) is 0 Å². The molecule has 0 aliphatic rings. The van der Waals surface area contributed by atoms with Gasteiger partial charge in [-0.15, -0.1) is 0 Å². The largest absolute Gasteiger partial charge is 0.507 e. The first kappa shape index (κ1) is 13.6. The molecular weight excluding hydrogens is 264 g/mol. The van der Waals surface area contributed by atoms with Crippen LogP contribution in [0.15, 0.2) is 35.2 Å². The van der Waals surface area contributed by atoms with Crippen molar-refractivity contribution in [3.63, 3.8) is 0 Å². The summed E-state index contributed by atoms with van der Waals surface area (Å²) in [5.74, 6) is -0.446. The van der Waals surface area contributed by atoms with Crippen LogP contribution in [0.1, 0.15) is 11.1 Å². The molecule has 0 aliphatic heterocycles. The first-order valence-electron chi connectivity index (χ1n) is 5.66. The summed E-state index contributed by atoms with van der Waals surface area (Å²) < 4.78 is 20.7. The summed E-state index contributed by atoms with van der Waals surface area (Å²) in [6.07, 6.45) is 0. The van der Waals surface area contributed by atoms with Crippen LogP contribution in [0.3, 0.4) is 0 Å². The van der Waals surface area contributed by atoms with Gasteiger partial charge in [-0.2, -0.15) is 0 Å². The summed E-state index contributed by atoms with van der Waals surface area (Å²) in [7, 11) is 0. The Labute approximate surface area is 113 Å². The maximum Gasteiger partial charge on any atom is 0.191 e. The Morgan fingerprint density at radius 2 is 1.63 bits per heavy atom. The molecule has 2 aromatic carbocycles. The van der Waals surface area contributed by atoms with Crippen LogP contribution in [0, 0.1) is 13.8 Å². The highest BCUT2D eigenvalue weighted by molar-refractivity contribution is 7.79. The van der Waals surface area contributed by atoms with Crippen LogP contribution in [-0.2, 0) is 11.1 Å². The number of phenols is 2. The van der Waals surface area contributed by atoms with Crippen LogP contribution < -0.4 is 0 Å². The Balaban J connectivity index is 2.85. The van der Waals surface area contributed by atoms with Gasteiger partial charge in [-0.1, -0.05) is 18.2 Å². The average molecular weight is 278 g/mol. The van der Waals surface area contributed by atoms with E-state index < -0.39 is 11.1 Å². The lowest BCUT2D eigenvalue weighted by Gasteiger charge is -2.14. The third-order valence-electron chi connectivity index (χ3n) is 3.16. The summed E-state index contributed by atoms with van der Waals surface area (Å²) in [4.78, 5) is -0.172. The second-order valence-electron chi connectivity index (χ2n) is 4.30. The lowest BCUT2D eigenvalue weighted by atomic mass is 9.96. The molecule has 1 atom stereocenters. The predicted octanol–water partition coefficient (Wildman–Crippen LogP) is 2.96. The molecule has 0 heterocycles. The van der Waals surface area contributed by atoms with Crippen LogP contribution in [0.5, 0.6) is 11.5 Å². The first-order chi connectivity index (χ1) is 8.93. The molecule has 0 saturated heterocycles. The van der Waals surface area contributed by atoms with Gasteiger partial charge in [0.15, 0.2) is 11.1 Å². The van der Waals surface area contributed by atoms with Gasteiger partial charge in [0.2, 0.25) is 0 Å². The zero-order valence-corrected chi connectivity index (χ0v) is 11.4. The van der Waals surface area contributed by atoms with Gasteiger partial charge in [0.25, 0.3) is 0 Å². The van der Waals surface area contributed by atoms with E-state index in [1.54, 1.807) is 12.1 Å². The molecule has 100 valence electrons. The van der Waals surface area contributed by atoms with Crippen molar-refractivity contribution in [1.29, 1.82) is 0 Å². The fourth-order valence-electron chi connectivity index (χ4n) is 2.02. The molecule has 0 saturated carbocycles. The molecule has 2 rings (SSSR count). The number of hydrogen-bond donors (Lipinski definition) is 3. The minimum absolute atomic E-state index is 0.135. The molecular formula is C14H14O4S. The lowest BCUT2D eigenvalue weighted by molar-refractivity contribution is 0.446. The van der Waals surface area contributed by atoms with Gasteiger partial charge in [-0.05, 0) is 42.7 Å². The maximum absolute atomic E-state index is 11.4. The van der Waals surface area contributed by atoms with Crippen molar-refractivity contribution in [2.45, 2.75) is 18.7 Å². The molecule has 3 N–H and O–H groups in total. The van der Waals surface area contributed by atoms with Crippen molar-refractivity contribution in [2.75, 3.05) is 0 Å².